The molecule has 0 saturated heterocycles. The van der Waals surface area contributed by atoms with Crippen molar-refractivity contribution in [1.82, 2.24) is 9.97 Å². The second-order valence-corrected chi connectivity index (χ2v) is 6.97. The van der Waals surface area contributed by atoms with Crippen LogP contribution < -0.4 is 5.32 Å². The molecule has 2 aromatic rings. The first-order chi connectivity index (χ1) is 9.11. The van der Waals surface area contributed by atoms with Gasteiger partial charge in [-0.05, 0) is 54.1 Å². The van der Waals surface area contributed by atoms with Crippen LogP contribution in [-0.4, -0.2) is 16.0 Å². The molecule has 0 radical (unpaired) electrons. The Hall–Kier alpha value is -0.870. The zero-order chi connectivity index (χ0) is 13.4. The van der Waals surface area contributed by atoms with Crippen molar-refractivity contribution in [2.45, 2.75) is 39.2 Å². The highest BCUT2D eigenvalue weighted by Crippen LogP contribution is 2.32. The fourth-order valence-corrected chi connectivity index (χ4v) is 4.18. The number of hydrogen-bond donors (Lipinski definition) is 1. The lowest BCUT2D eigenvalue weighted by molar-refractivity contribution is 0.280. The first-order valence-corrected chi connectivity index (χ1v) is 8.05. The highest BCUT2D eigenvalue weighted by atomic mass is 35.5. The molecule has 0 aromatic carbocycles. The van der Waals surface area contributed by atoms with Gasteiger partial charge in [-0.3, -0.25) is 0 Å². The predicted octanol–water partition coefficient (Wildman–Crippen LogP) is 4.58. The van der Waals surface area contributed by atoms with Crippen LogP contribution in [0.4, 0.5) is 5.82 Å². The van der Waals surface area contributed by atoms with E-state index in [9.17, 15) is 0 Å². The Morgan fingerprint density at radius 2 is 1.95 bits per heavy atom. The molecule has 0 aliphatic heterocycles. The van der Waals surface area contributed by atoms with Gasteiger partial charge in [0.25, 0.3) is 0 Å². The van der Waals surface area contributed by atoms with Crippen LogP contribution in [0.3, 0.4) is 0 Å². The largest absolute Gasteiger partial charge is 0.367 e. The first-order valence-electron chi connectivity index (χ1n) is 6.79. The summed E-state index contributed by atoms with van der Waals surface area (Å²) < 4.78 is 0. The third kappa shape index (κ3) is 2.84. The Morgan fingerprint density at radius 1 is 1.21 bits per heavy atom. The van der Waals surface area contributed by atoms with Gasteiger partial charge in [-0.25, -0.2) is 9.97 Å². The number of aromatic nitrogens is 2. The van der Waals surface area contributed by atoms with Gasteiger partial charge in [-0.2, -0.15) is 0 Å². The van der Waals surface area contributed by atoms with E-state index in [4.69, 9.17) is 11.6 Å². The Morgan fingerprint density at radius 3 is 2.68 bits per heavy atom. The summed E-state index contributed by atoms with van der Waals surface area (Å²) in [6.07, 6.45) is 3.74. The molecular formula is C14H18ClN3S. The standard InChI is InChI=1S/C14H18ClN3S/c1-8-5-9(2)7-10(6-8)16-12-11-3-4-19-13(11)18-14(15)17-12/h3-4,8-10H,5-7H2,1-2H3,(H,16,17,18). The Labute approximate surface area is 122 Å². The normalized spacial score (nSPS) is 27.6. The van der Waals surface area contributed by atoms with E-state index in [2.05, 4.69) is 35.2 Å². The van der Waals surface area contributed by atoms with Gasteiger partial charge in [0.15, 0.2) is 0 Å². The van der Waals surface area contributed by atoms with Crippen molar-refractivity contribution in [2.24, 2.45) is 11.8 Å². The molecular weight excluding hydrogens is 278 g/mol. The van der Waals surface area contributed by atoms with E-state index in [1.807, 2.05) is 5.38 Å². The molecule has 1 fully saturated rings. The lowest BCUT2D eigenvalue weighted by Gasteiger charge is -2.32. The highest BCUT2D eigenvalue weighted by Gasteiger charge is 2.24. The lowest BCUT2D eigenvalue weighted by atomic mass is 9.80. The zero-order valence-electron chi connectivity index (χ0n) is 11.2. The zero-order valence-corrected chi connectivity index (χ0v) is 12.8. The van der Waals surface area contributed by atoms with Crippen LogP contribution in [0, 0.1) is 11.8 Å². The van der Waals surface area contributed by atoms with Crippen LogP contribution in [0.25, 0.3) is 10.2 Å². The van der Waals surface area contributed by atoms with Gasteiger partial charge in [0.2, 0.25) is 5.28 Å². The van der Waals surface area contributed by atoms with Crippen molar-refractivity contribution in [2.75, 3.05) is 5.32 Å². The highest BCUT2D eigenvalue weighted by molar-refractivity contribution is 7.16. The molecule has 19 heavy (non-hydrogen) atoms. The summed E-state index contributed by atoms with van der Waals surface area (Å²) in [4.78, 5) is 9.58. The van der Waals surface area contributed by atoms with E-state index in [1.165, 1.54) is 19.3 Å². The third-order valence-corrected chi connectivity index (χ3v) is 4.79. The molecule has 3 nitrogen and oxygen atoms in total. The monoisotopic (exact) mass is 295 g/mol. The maximum Gasteiger partial charge on any atom is 0.225 e. The third-order valence-electron chi connectivity index (χ3n) is 3.82. The minimum Gasteiger partial charge on any atom is -0.367 e. The Kier molecular flexibility index (Phi) is 3.63. The minimum atomic E-state index is 0.328. The fourth-order valence-electron chi connectivity index (χ4n) is 3.20. The van der Waals surface area contributed by atoms with Crippen molar-refractivity contribution in [1.29, 1.82) is 0 Å². The molecule has 0 bridgehead atoms. The summed E-state index contributed by atoms with van der Waals surface area (Å²) in [5.41, 5.74) is 0. The summed E-state index contributed by atoms with van der Waals surface area (Å²) in [7, 11) is 0. The lowest BCUT2D eigenvalue weighted by Crippen LogP contribution is -2.30. The minimum absolute atomic E-state index is 0.328. The average Bonchev–Trinajstić information content (AvgIpc) is 2.75. The van der Waals surface area contributed by atoms with E-state index in [0.29, 0.717) is 11.3 Å². The Balaban J connectivity index is 1.86. The number of nitrogens with one attached hydrogen (secondary N) is 1. The number of rotatable bonds is 2. The first kappa shape index (κ1) is 13.1. The fraction of sp³-hybridized carbons (Fsp3) is 0.571. The number of nitrogens with zero attached hydrogens (tertiary/aromatic N) is 2. The van der Waals surface area contributed by atoms with Crippen molar-refractivity contribution in [3.8, 4) is 0 Å². The summed E-state index contributed by atoms with van der Waals surface area (Å²) in [5, 5.41) is 7.03. The SMILES string of the molecule is CC1CC(C)CC(Nc2nc(Cl)nc3sccc23)C1. The summed E-state index contributed by atoms with van der Waals surface area (Å²) in [6.45, 7) is 4.66. The molecule has 1 N–H and O–H groups in total. The molecule has 0 spiro atoms. The van der Waals surface area contributed by atoms with Gasteiger partial charge in [0.1, 0.15) is 10.6 Å². The smallest absolute Gasteiger partial charge is 0.225 e. The topological polar surface area (TPSA) is 37.8 Å². The van der Waals surface area contributed by atoms with Gasteiger partial charge in [-0.1, -0.05) is 13.8 Å². The molecule has 102 valence electrons. The van der Waals surface area contributed by atoms with Crippen LogP contribution in [-0.2, 0) is 0 Å². The van der Waals surface area contributed by atoms with Gasteiger partial charge < -0.3 is 5.32 Å². The van der Waals surface area contributed by atoms with Crippen LogP contribution in [0.5, 0.6) is 0 Å². The van der Waals surface area contributed by atoms with Crippen molar-refractivity contribution < 1.29 is 0 Å². The van der Waals surface area contributed by atoms with Crippen molar-refractivity contribution >= 4 is 39.0 Å². The number of anilines is 1. The molecule has 2 atom stereocenters. The average molecular weight is 296 g/mol. The van der Waals surface area contributed by atoms with E-state index >= 15 is 0 Å². The van der Waals surface area contributed by atoms with Crippen LogP contribution >= 0.6 is 22.9 Å². The quantitative estimate of drug-likeness (QED) is 0.824. The molecule has 1 aliphatic rings. The molecule has 2 heterocycles. The van der Waals surface area contributed by atoms with E-state index in [0.717, 1.165) is 27.9 Å². The maximum absolute atomic E-state index is 6.00. The summed E-state index contributed by atoms with van der Waals surface area (Å²) in [6, 6.07) is 2.56. The van der Waals surface area contributed by atoms with Gasteiger partial charge in [-0.15, -0.1) is 11.3 Å². The van der Waals surface area contributed by atoms with Gasteiger partial charge in [0, 0.05) is 6.04 Å². The maximum atomic E-state index is 6.00. The number of thiophene rings is 1. The van der Waals surface area contributed by atoms with E-state index in [-0.39, 0.29) is 0 Å². The second-order valence-electron chi connectivity index (χ2n) is 5.74. The second kappa shape index (κ2) is 5.25. The molecule has 1 saturated carbocycles. The molecule has 0 amide bonds. The van der Waals surface area contributed by atoms with Crippen LogP contribution in [0.1, 0.15) is 33.1 Å². The summed E-state index contributed by atoms with van der Waals surface area (Å²) >= 11 is 7.60. The summed E-state index contributed by atoms with van der Waals surface area (Å²) in [5.74, 6) is 2.44. The number of hydrogen-bond acceptors (Lipinski definition) is 4. The number of halogens is 1. The molecule has 2 aromatic heterocycles. The predicted molar refractivity (Wildman–Crippen MR) is 82.0 cm³/mol. The van der Waals surface area contributed by atoms with E-state index < -0.39 is 0 Å². The molecule has 5 heteroatoms. The molecule has 3 rings (SSSR count). The van der Waals surface area contributed by atoms with Gasteiger partial charge >= 0.3 is 0 Å². The van der Waals surface area contributed by atoms with Crippen LogP contribution in [0.15, 0.2) is 11.4 Å². The van der Waals surface area contributed by atoms with Crippen LogP contribution in [0.2, 0.25) is 5.28 Å². The number of fused-ring (bicyclic) bond motifs is 1. The van der Waals surface area contributed by atoms with Crippen molar-refractivity contribution in [3.63, 3.8) is 0 Å². The van der Waals surface area contributed by atoms with E-state index in [1.54, 1.807) is 11.3 Å². The molecule has 1 aliphatic carbocycles. The molecule has 2 unspecified atom stereocenters. The van der Waals surface area contributed by atoms with Gasteiger partial charge in [0.05, 0.1) is 5.39 Å². The van der Waals surface area contributed by atoms with Crippen molar-refractivity contribution in [3.05, 3.63) is 16.7 Å². The Bertz CT molecular complexity index is 573.